The number of hydrogen-bond donors (Lipinski definition) is 0. The van der Waals surface area contributed by atoms with Gasteiger partial charge in [0.25, 0.3) is 10.1 Å². The molecule has 2 saturated carbocycles. The lowest BCUT2D eigenvalue weighted by Gasteiger charge is -2.33. The average molecular weight is 376 g/mol. The van der Waals surface area contributed by atoms with Crippen LogP contribution in [0.3, 0.4) is 0 Å². The highest BCUT2D eigenvalue weighted by atomic mass is 32.2. The molecule has 5 unspecified atom stereocenters. The first-order valence-electron chi connectivity index (χ1n) is 8.32. The van der Waals surface area contributed by atoms with Gasteiger partial charge in [0.2, 0.25) is 0 Å². The van der Waals surface area contributed by atoms with Crippen molar-refractivity contribution >= 4 is 33.0 Å². The summed E-state index contributed by atoms with van der Waals surface area (Å²) in [5, 5.41) is -0.496. The van der Waals surface area contributed by atoms with Crippen molar-refractivity contribution < 1.29 is 26.9 Å². The summed E-state index contributed by atoms with van der Waals surface area (Å²) in [6.07, 6.45) is 1.37. The number of fused-ring (bicyclic) bond motifs is 1. The summed E-state index contributed by atoms with van der Waals surface area (Å²) in [5.41, 5.74) is -1.42. The van der Waals surface area contributed by atoms with Crippen LogP contribution in [0.25, 0.3) is 0 Å². The molecule has 24 heavy (non-hydrogen) atoms. The summed E-state index contributed by atoms with van der Waals surface area (Å²) in [6.45, 7) is 7.36. The standard InChI is InChI=1S/C16H24O6S2/c1-5-15(2,3)14(18)23-8-12(17)21-13-9-6-10-11(7-9)24(19,20)22-16(10,13)4/h9-11,13H,5-8H2,1-4H3. The van der Waals surface area contributed by atoms with E-state index < -0.39 is 38.5 Å². The first-order valence-corrected chi connectivity index (χ1v) is 10.8. The van der Waals surface area contributed by atoms with Crippen molar-refractivity contribution in [1.29, 1.82) is 0 Å². The van der Waals surface area contributed by atoms with Gasteiger partial charge >= 0.3 is 5.97 Å². The van der Waals surface area contributed by atoms with E-state index in [0.717, 1.165) is 11.8 Å². The van der Waals surface area contributed by atoms with Gasteiger partial charge in [0, 0.05) is 17.3 Å². The van der Waals surface area contributed by atoms with Crippen LogP contribution < -0.4 is 0 Å². The molecular formula is C16H24O6S2. The third-order valence-electron chi connectivity index (χ3n) is 5.95. The maximum Gasteiger partial charge on any atom is 0.316 e. The number of ether oxygens (including phenoxy) is 1. The van der Waals surface area contributed by atoms with E-state index in [9.17, 15) is 18.0 Å². The van der Waals surface area contributed by atoms with Crippen molar-refractivity contribution in [2.45, 2.75) is 63.9 Å². The Morgan fingerprint density at radius 1 is 1.33 bits per heavy atom. The molecule has 0 amide bonds. The lowest BCUT2D eigenvalue weighted by atomic mass is 9.83. The van der Waals surface area contributed by atoms with Gasteiger partial charge in [-0.25, -0.2) is 0 Å². The third kappa shape index (κ3) is 2.70. The Labute approximate surface area is 147 Å². The number of thioether (sulfide) groups is 1. The number of carbonyl (C=O) groups is 2. The monoisotopic (exact) mass is 376 g/mol. The summed E-state index contributed by atoms with van der Waals surface area (Å²) in [5.74, 6) is -0.608. The lowest BCUT2D eigenvalue weighted by Crippen LogP contribution is -2.47. The highest BCUT2D eigenvalue weighted by Crippen LogP contribution is 2.61. The summed E-state index contributed by atoms with van der Waals surface area (Å²) in [6, 6.07) is 0. The zero-order chi connectivity index (χ0) is 17.9. The molecule has 0 aromatic rings. The van der Waals surface area contributed by atoms with Crippen LogP contribution in [-0.2, 0) is 28.6 Å². The first kappa shape index (κ1) is 18.2. The van der Waals surface area contributed by atoms with Crippen LogP contribution in [0.15, 0.2) is 0 Å². The van der Waals surface area contributed by atoms with Gasteiger partial charge in [-0.1, -0.05) is 32.5 Å². The fourth-order valence-corrected chi connectivity index (χ4v) is 7.12. The Morgan fingerprint density at radius 3 is 2.62 bits per heavy atom. The van der Waals surface area contributed by atoms with E-state index in [0.29, 0.717) is 19.3 Å². The van der Waals surface area contributed by atoms with E-state index in [1.54, 1.807) is 6.92 Å². The van der Waals surface area contributed by atoms with Crippen LogP contribution in [0, 0.1) is 17.3 Å². The second kappa shape index (κ2) is 5.71. The van der Waals surface area contributed by atoms with Crippen LogP contribution in [-0.4, -0.2) is 42.2 Å². The molecule has 0 spiro atoms. The van der Waals surface area contributed by atoms with E-state index >= 15 is 0 Å². The molecule has 2 bridgehead atoms. The molecule has 0 aromatic heterocycles. The van der Waals surface area contributed by atoms with E-state index in [2.05, 4.69) is 0 Å². The number of carbonyl (C=O) groups excluding carboxylic acids is 2. The summed E-state index contributed by atoms with van der Waals surface area (Å²) >= 11 is 0.965. The highest BCUT2D eigenvalue weighted by Gasteiger charge is 2.71. The molecule has 1 heterocycles. The van der Waals surface area contributed by atoms with Gasteiger partial charge in [-0.2, -0.15) is 8.42 Å². The predicted octanol–water partition coefficient (Wildman–Crippen LogP) is 2.12. The van der Waals surface area contributed by atoms with Crippen molar-refractivity contribution in [2.75, 3.05) is 5.75 Å². The van der Waals surface area contributed by atoms with Gasteiger partial charge in [0.05, 0.1) is 11.0 Å². The van der Waals surface area contributed by atoms with E-state index in [1.165, 1.54) is 0 Å². The average Bonchev–Trinajstić information content (AvgIpc) is 3.07. The number of hydrogen-bond acceptors (Lipinski definition) is 7. The topological polar surface area (TPSA) is 86.7 Å². The molecule has 0 aromatic carbocycles. The molecule has 1 aliphatic heterocycles. The molecule has 136 valence electrons. The maximum atomic E-state index is 12.2. The van der Waals surface area contributed by atoms with Crippen LogP contribution in [0.5, 0.6) is 0 Å². The minimum atomic E-state index is -3.56. The Morgan fingerprint density at radius 2 is 2.00 bits per heavy atom. The van der Waals surface area contributed by atoms with Crippen molar-refractivity contribution in [3.05, 3.63) is 0 Å². The van der Waals surface area contributed by atoms with Gasteiger partial charge in [0.15, 0.2) is 5.12 Å². The summed E-state index contributed by atoms with van der Waals surface area (Å²) in [4.78, 5) is 24.3. The Kier molecular flexibility index (Phi) is 4.33. The highest BCUT2D eigenvalue weighted by molar-refractivity contribution is 8.14. The Balaban J connectivity index is 1.62. The second-order valence-corrected chi connectivity index (χ2v) is 10.6. The Bertz CT molecular complexity index is 670. The summed E-state index contributed by atoms with van der Waals surface area (Å²) < 4.78 is 35.0. The quantitative estimate of drug-likeness (QED) is 0.536. The van der Waals surface area contributed by atoms with Crippen molar-refractivity contribution in [3.63, 3.8) is 0 Å². The summed E-state index contributed by atoms with van der Waals surface area (Å²) in [7, 11) is -3.56. The molecule has 3 rings (SSSR count). The third-order valence-corrected chi connectivity index (χ3v) is 9.00. The Hall–Kier alpha value is -0.600. The van der Waals surface area contributed by atoms with Crippen LogP contribution in [0.1, 0.15) is 47.0 Å². The van der Waals surface area contributed by atoms with E-state index in [-0.39, 0.29) is 22.7 Å². The predicted molar refractivity (Wildman–Crippen MR) is 89.8 cm³/mol. The lowest BCUT2D eigenvalue weighted by molar-refractivity contribution is -0.160. The molecule has 2 aliphatic carbocycles. The largest absolute Gasteiger partial charge is 0.458 e. The van der Waals surface area contributed by atoms with Gasteiger partial charge < -0.3 is 4.74 Å². The van der Waals surface area contributed by atoms with Crippen LogP contribution in [0.2, 0.25) is 0 Å². The second-order valence-electron chi connectivity index (χ2n) is 7.86. The maximum absolute atomic E-state index is 12.2. The van der Waals surface area contributed by atoms with Crippen LogP contribution >= 0.6 is 11.8 Å². The van der Waals surface area contributed by atoms with E-state index in [4.69, 9.17) is 8.92 Å². The molecule has 0 radical (unpaired) electrons. The number of esters is 1. The fourth-order valence-electron chi connectivity index (χ4n) is 4.16. The molecule has 6 nitrogen and oxygen atoms in total. The molecule has 8 heteroatoms. The van der Waals surface area contributed by atoms with Gasteiger partial charge in [-0.3, -0.25) is 13.8 Å². The van der Waals surface area contributed by atoms with Crippen LogP contribution in [0.4, 0.5) is 0 Å². The van der Waals surface area contributed by atoms with Crippen molar-refractivity contribution in [2.24, 2.45) is 17.3 Å². The van der Waals surface area contributed by atoms with E-state index in [1.807, 2.05) is 20.8 Å². The van der Waals surface area contributed by atoms with Gasteiger partial charge in [-0.15, -0.1) is 0 Å². The fraction of sp³-hybridized carbons (Fsp3) is 0.875. The molecule has 3 fully saturated rings. The van der Waals surface area contributed by atoms with Gasteiger partial charge in [0.1, 0.15) is 11.7 Å². The smallest absolute Gasteiger partial charge is 0.316 e. The van der Waals surface area contributed by atoms with Crippen molar-refractivity contribution in [1.82, 2.24) is 0 Å². The normalized spacial score (nSPS) is 39.2. The van der Waals surface area contributed by atoms with Gasteiger partial charge in [-0.05, 0) is 26.2 Å². The minimum absolute atomic E-state index is 0.0269. The molecule has 3 aliphatic rings. The zero-order valence-electron chi connectivity index (χ0n) is 14.4. The zero-order valence-corrected chi connectivity index (χ0v) is 16.0. The first-order chi connectivity index (χ1) is 11.0. The number of rotatable bonds is 5. The molecule has 0 N–H and O–H groups in total. The molecular weight excluding hydrogens is 352 g/mol. The molecule has 1 saturated heterocycles. The van der Waals surface area contributed by atoms with Crippen molar-refractivity contribution in [3.8, 4) is 0 Å². The SMILES string of the molecule is CCC(C)(C)C(=O)SCC(=O)OC1C2CC3C(C2)S(=O)(=O)OC31C. The molecule has 5 atom stereocenters. The minimum Gasteiger partial charge on any atom is -0.458 e.